The fourth-order valence-corrected chi connectivity index (χ4v) is 1.55. The van der Waals surface area contributed by atoms with Gasteiger partial charge in [0.1, 0.15) is 11.6 Å². The first-order valence-corrected chi connectivity index (χ1v) is 5.36. The zero-order valence-corrected chi connectivity index (χ0v) is 10.3. The number of benzene rings is 1. The quantitative estimate of drug-likeness (QED) is 0.613. The number of hydrazine groups is 1. The summed E-state index contributed by atoms with van der Waals surface area (Å²) >= 11 is 0. The van der Waals surface area contributed by atoms with Gasteiger partial charge < -0.3 is 4.74 Å². The molecule has 0 aliphatic heterocycles. The molecule has 0 bridgehead atoms. The van der Waals surface area contributed by atoms with Crippen LogP contribution < -0.4 is 11.3 Å². The van der Waals surface area contributed by atoms with Crippen LogP contribution in [0.3, 0.4) is 0 Å². The maximum absolute atomic E-state index is 13.5. The number of methoxy groups -OCH3 is 1. The highest BCUT2D eigenvalue weighted by Crippen LogP contribution is 2.19. The highest BCUT2D eigenvalue weighted by Gasteiger charge is 2.29. The van der Waals surface area contributed by atoms with Gasteiger partial charge in [-0.25, -0.2) is 8.78 Å². The first-order chi connectivity index (χ1) is 7.90. The second-order valence-corrected chi connectivity index (χ2v) is 4.47. The minimum Gasteiger partial charge on any atom is -0.377 e. The van der Waals surface area contributed by atoms with Gasteiger partial charge in [0.15, 0.2) is 0 Å². The van der Waals surface area contributed by atoms with Gasteiger partial charge in [-0.1, -0.05) is 6.07 Å². The molecule has 0 fully saturated rings. The molecule has 1 atom stereocenters. The third-order valence-corrected chi connectivity index (χ3v) is 3.01. The van der Waals surface area contributed by atoms with E-state index >= 15 is 0 Å². The summed E-state index contributed by atoms with van der Waals surface area (Å²) < 4.78 is 31.5. The Morgan fingerprint density at radius 2 is 2.06 bits per heavy atom. The lowest BCUT2D eigenvalue weighted by molar-refractivity contribution is -0.0102. The van der Waals surface area contributed by atoms with Gasteiger partial charge in [-0.05, 0) is 31.9 Å². The largest absolute Gasteiger partial charge is 0.377 e. The molecule has 3 nitrogen and oxygen atoms in total. The van der Waals surface area contributed by atoms with Gasteiger partial charge in [0.05, 0.1) is 11.6 Å². The SMILES string of the molecule is COC(C)(C)C(Cc1ccc(F)cc1F)NN. The normalized spacial score (nSPS) is 13.8. The number of nitrogens with one attached hydrogen (secondary N) is 1. The summed E-state index contributed by atoms with van der Waals surface area (Å²) in [5, 5.41) is 0. The molecule has 1 rings (SSSR count). The first kappa shape index (κ1) is 14.0. The predicted molar refractivity (Wildman–Crippen MR) is 62.3 cm³/mol. The molecule has 1 unspecified atom stereocenters. The van der Waals surface area contributed by atoms with Crippen LogP contribution in [0.1, 0.15) is 19.4 Å². The van der Waals surface area contributed by atoms with E-state index in [0.29, 0.717) is 12.0 Å². The zero-order valence-electron chi connectivity index (χ0n) is 10.3. The minimum absolute atomic E-state index is 0.271. The van der Waals surface area contributed by atoms with Crippen molar-refractivity contribution in [1.82, 2.24) is 5.43 Å². The number of halogens is 2. The summed E-state index contributed by atoms with van der Waals surface area (Å²) in [6.45, 7) is 3.69. The Balaban J connectivity index is 2.88. The molecule has 1 aromatic rings. The molecular formula is C12H18F2N2O. The molecule has 3 N–H and O–H groups in total. The van der Waals surface area contributed by atoms with Crippen LogP contribution in [0, 0.1) is 11.6 Å². The lowest BCUT2D eigenvalue weighted by atomic mass is 9.92. The minimum atomic E-state index is -0.588. The lowest BCUT2D eigenvalue weighted by Gasteiger charge is -2.32. The van der Waals surface area contributed by atoms with E-state index in [2.05, 4.69) is 5.43 Å². The van der Waals surface area contributed by atoms with Crippen LogP contribution in [-0.2, 0) is 11.2 Å². The highest BCUT2D eigenvalue weighted by molar-refractivity contribution is 5.20. The summed E-state index contributed by atoms with van der Waals surface area (Å²) in [6, 6.07) is 3.24. The van der Waals surface area contributed by atoms with Gasteiger partial charge in [-0.2, -0.15) is 0 Å². The van der Waals surface area contributed by atoms with Gasteiger partial charge in [-0.3, -0.25) is 11.3 Å². The van der Waals surface area contributed by atoms with E-state index in [0.717, 1.165) is 6.07 Å². The molecule has 0 aliphatic carbocycles. The van der Waals surface area contributed by atoms with E-state index in [1.807, 2.05) is 13.8 Å². The number of ether oxygens (including phenoxy) is 1. The molecule has 0 amide bonds. The summed E-state index contributed by atoms with van der Waals surface area (Å²) in [6.07, 6.45) is 0.323. The maximum Gasteiger partial charge on any atom is 0.129 e. The standard InChI is InChI=1S/C12H18F2N2O/c1-12(2,17-3)11(16-15)6-8-4-5-9(13)7-10(8)14/h4-5,7,11,16H,6,15H2,1-3H3. The molecule has 5 heteroatoms. The third-order valence-electron chi connectivity index (χ3n) is 3.01. The molecule has 0 spiro atoms. The summed E-state index contributed by atoms with van der Waals surface area (Å²) in [7, 11) is 1.56. The van der Waals surface area contributed by atoms with E-state index in [9.17, 15) is 8.78 Å². The zero-order chi connectivity index (χ0) is 13.1. The Labute approximate surface area is 99.9 Å². The topological polar surface area (TPSA) is 47.3 Å². The van der Waals surface area contributed by atoms with Crippen LogP contribution in [0.4, 0.5) is 8.78 Å². The second kappa shape index (κ2) is 5.53. The number of rotatable bonds is 5. The molecule has 0 heterocycles. The molecule has 0 radical (unpaired) electrons. The van der Waals surface area contributed by atoms with Crippen LogP contribution in [0.15, 0.2) is 18.2 Å². The van der Waals surface area contributed by atoms with Crippen LogP contribution >= 0.6 is 0 Å². The van der Waals surface area contributed by atoms with Crippen molar-refractivity contribution in [2.45, 2.75) is 31.9 Å². The Hall–Kier alpha value is -1.04. The van der Waals surface area contributed by atoms with Crippen LogP contribution in [0.2, 0.25) is 0 Å². The van der Waals surface area contributed by atoms with E-state index in [-0.39, 0.29) is 6.04 Å². The average Bonchev–Trinajstić information content (AvgIpc) is 2.27. The van der Waals surface area contributed by atoms with Crippen molar-refractivity contribution in [1.29, 1.82) is 0 Å². The van der Waals surface area contributed by atoms with Gasteiger partial charge in [-0.15, -0.1) is 0 Å². The van der Waals surface area contributed by atoms with E-state index < -0.39 is 17.2 Å². The average molecular weight is 244 g/mol. The Morgan fingerprint density at radius 3 is 2.53 bits per heavy atom. The summed E-state index contributed by atoms with van der Waals surface area (Å²) in [5.41, 5.74) is 2.45. The Kier molecular flexibility index (Phi) is 4.56. The molecule has 17 heavy (non-hydrogen) atoms. The van der Waals surface area contributed by atoms with Crippen molar-refractivity contribution in [2.75, 3.05) is 7.11 Å². The van der Waals surface area contributed by atoms with Crippen molar-refractivity contribution < 1.29 is 13.5 Å². The van der Waals surface area contributed by atoms with Crippen LogP contribution in [0.5, 0.6) is 0 Å². The molecule has 0 saturated carbocycles. The fourth-order valence-electron chi connectivity index (χ4n) is 1.55. The van der Waals surface area contributed by atoms with E-state index in [1.54, 1.807) is 7.11 Å². The highest BCUT2D eigenvalue weighted by atomic mass is 19.1. The van der Waals surface area contributed by atoms with Crippen molar-refractivity contribution >= 4 is 0 Å². The smallest absolute Gasteiger partial charge is 0.129 e. The van der Waals surface area contributed by atoms with Crippen LogP contribution in [-0.4, -0.2) is 18.8 Å². The van der Waals surface area contributed by atoms with Gasteiger partial charge in [0, 0.05) is 13.2 Å². The monoisotopic (exact) mass is 244 g/mol. The van der Waals surface area contributed by atoms with E-state index in [4.69, 9.17) is 10.6 Å². The van der Waals surface area contributed by atoms with Gasteiger partial charge >= 0.3 is 0 Å². The number of nitrogens with two attached hydrogens (primary N) is 1. The summed E-state index contributed by atoms with van der Waals surface area (Å²) in [5.74, 6) is 4.28. The van der Waals surface area contributed by atoms with E-state index in [1.165, 1.54) is 12.1 Å². The van der Waals surface area contributed by atoms with Crippen molar-refractivity contribution in [3.63, 3.8) is 0 Å². The Morgan fingerprint density at radius 1 is 1.41 bits per heavy atom. The number of hydrogen-bond donors (Lipinski definition) is 2. The molecule has 96 valence electrons. The third kappa shape index (κ3) is 3.46. The second-order valence-electron chi connectivity index (χ2n) is 4.47. The van der Waals surface area contributed by atoms with Crippen molar-refractivity contribution in [2.24, 2.45) is 5.84 Å². The van der Waals surface area contributed by atoms with Crippen molar-refractivity contribution in [3.05, 3.63) is 35.4 Å². The first-order valence-electron chi connectivity index (χ1n) is 5.36. The molecule has 1 aromatic carbocycles. The van der Waals surface area contributed by atoms with Gasteiger partial charge in [0.2, 0.25) is 0 Å². The maximum atomic E-state index is 13.5. The molecule has 0 aromatic heterocycles. The Bertz CT molecular complexity index is 383. The molecular weight excluding hydrogens is 226 g/mol. The molecule has 0 saturated heterocycles. The number of hydrogen-bond acceptors (Lipinski definition) is 3. The van der Waals surface area contributed by atoms with Gasteiger partial charge in [0.25, 0.3) is 0 Å². The fraction of sp³-hybridized carbons (Fsp3) is 0.500. The van der Waals surface area contributed by atoms with Crippen LogP contribution in [0.25, 0.3) is 0 Å². The predicted octanol–water partition coefficient (Wildman–Crippen LogP) is 1.76. The molecule has 0 aliphatic rings. The lowest BCUT2D eigenvalue weighted by Crippen LogP contribution is -2.52. The summed E-state index contributed by atoms with van der Waals surface area (Å²) in [4.78, 5) is 0. The van der Waals surface area contributed by atoms with Crippen molar-refractivity contribution in [3.8, 4) is 0 Å².